The van der Waals surface area contributed by atoms with E-state index in [4.69, 9.17) is 5.26 Å². The fourth-order valence-corrected chi connectivity index (χ4v) is 2.61. The molecule has 0 bridgehead atoms. The van der Waals surface area contributed by atoms with E-state index in [1.54, 1.807) is 13.0 Å². The number of nitrogens with one attached hydrogen (secondary N) is 1. The summed E-state index contributed by atoms with van der Waals surface area (Å²) in [7, 11) is -3.91. The molecular formula is C13H11N3O3S. The number of nitriles is 1. The second kappa shape index (κ2) is 5.19. The third-order valence-electron chi connectivity index (χ3n) is 2.52. The molecule has 0 unspecified atom stereocenters. The second-order valence-electron chi connectivity index (χ2n) is 4.07. The molecule has 2 rings (SSSR count). The molecule has 0 saturated carbocycles. The van der Waals surface area contributed by atoms with Crippen molar-refractivity contribution in [2.24, 2.45) is 0 Å². The summed E-state index contributed by atoms with van der Waals surface area (Å²) >= 11 is 0. The molecule has 1 heterocycles. The molecule has 6 nitrogen and oxygen atoms in total. The van der Waals surface area contributed by atoms with Crippen molar-refractivity contribution in [3.8, 4) is 11.8 Å². The highest BCUT2D eigenvalue weighted by molar-refractivity contribution is 7.92. The van der Waals surface area contributed by atoms with Crippen LogP contribution in [0.5, 0.6) is 5.75 Å². The van der Waals surface area contributed by atoms with Crippen LogP contribution in [0.1, 0.15) is 11.3 Å². The molecule has 20 heavy (non-hydrogen) atoms. The lowest BCUT2D eigenvalue weighted by molar-refractivity contribution is 0.475. The Labute approximate surface area is 116 Å². The van der Waals surface area contributed by atoms with Gasteiger partial charge >= 0.3 is 0 Å². The minimum atomic E-state index is -3.91. The predicted molar refractivity (Wildman–Crippen MR) is 72.6 cm³/mol. The standard InChI is InChI=1S/C13H11N3O3S/c1-9-5-6-12(17)13(15-9)16-20(18,19)11-4-2-3-10(7-11)8-14/h2-7,17H,1H3,(H,15,16). The Bertz CT molecular complexity index is 795. The number of hydrogen-bond donors (Lipinski definition) is 2. The zero-order chi connectivity index (χ0) is 14.8. The van der Waals surface area contributed by atoms with Gasteiger partial charge in [0.05, 0.1) is 16.5 Å². The molecule has 1 aromatic carbocycles. The van der Waals surface area contributed by atoms with Crippen LogP contribution in [0.4, 0.5) is 5.82 Å². The number of anilines is 1. The average molecular weight is 289 g/mol. The van der Waals surface area contributed by atoms with Gasteiger partial charge in [0.25, 0.3) is 10.0 Å². The summed E-state index contributed by atoms with van der Waals surface area (Å²) in [6, 6.07) is 10.4. The van der Waals surface area contributed by atoms with Gasteiger partial charge in [-0.1, -0.05) is 6.07 Å². The highest BCUT2D eigenvalue weighted by atomic mass is 32.2. The Morgan fingerprint density at radius 2 is 2.05 bits per heavy atom. The van der Waals surface area contributed by atoms with Crippen LogP contribution in [-0.2, 0) is 10.0 Å². The number of hydrogen-bond acceptors (Lipinski definition) is 5. The van der Waals surface area contributed by atoms with Crippen molar-refractivity contribution >= 4 is 15.8 Å². The van der Waals surface area contributed by atoms with Crippen LogP contribution >= 0.6 is 0 Å². The van der Waals surface area contributed by atoms with E-state index < -0.39 is 10.0 Å². The minimum Gasteiger partial charge on any atom is -0.504 e. The van der Waals surface area contributed by atoms with Crippen LogP contribution < -0.4 is 4.72 Å². The molecule has 0 atom stereocenters. The molecule has 2 aromatic rings. The van der Waals surface area contributed by atoms with Crippen molar-refractivity contribution in [3.05, 3.63) is 47.7 Å². The van der Waals surface area contributed by atoms with Crippen LogP contribution in [0, 0.1) is 18.3 Å². The monoisotopic (exact) mass is 289 g/mol. The third kappa shape index (κ3) is 2.87. The van der Waals surface area contributed by atoms with Crippen molar-refractivity contribution in [2.45, 2.75) is 11.8 Å². The van der Waals surface area contributed by atoms with Gasteiger partial charge in [-0.2, -0.15) is 5.26 Å². The molecule has 0 aliphatic carbocycles. The van der Waals surface area contributed by atoms with Crippen LogP contribution in [-0.4, -0.2) is 18.5 Å². The number of sulfonamides is 1. The first kappa shape index (κ1) is 13.8. The van der Waals surface area contributed by atoms with E-state index in [2.05, 4.69) is 9.71 Å². The van der Waals surface area contributed by atoms with E-state index in [-0.39, 0.29) is 22.0 Å². The van der Waals surface area contributed by atoms with E-state index >= 15 is 0 Å². The van der Waals surface area contributed by atoms with Crippen molar-refractivity contribution in [1.82, 2.24) is 4.98 Å². The fraction of sp³-hybridized carbons (Fsp3) is 0.0769. The number of benzene rings is 1. The lowest BCUT2D eigenvalue weighted by atomic mass is 10.2. The molecule has 2 N–H and O–H groups in total. The van der Waals surface area contributed by atoms with Gasteiger partial charge in [-0.05, 0) is 37.3 Å². The second-order valence-corrected chi connectivity index (χ2v) is 5.75. The summed E-state index contributed by atoms with van der Waals surface area (Å²) < 4.78 is 26.5. The van der Waals surface area contributed by atoms with Crippen molar-refractivity contribution in [1.29, 1.82) is 5.26 Å². The summed E-state index contributed by atoms with van der Waals surface area (Å²) in [5.41, 5.74) is 0.792. The van der Waals surface area contributed by atoms with Crippen LogP contribution in [0.25, 0.3) is 0 Å². The summed E-state index contributed by atoms with van der Waals surface area (Å²) in [6.07, 6.45) is 0. The topological polar surface area (TPSA) is 103 Å². The maximum absolute atomic E-state index is 12.2. The van der Waals surface area contributed by atoms with E-state index in [1.165, 1.54) is 30.3 Å². The van der Waals surface area contributed by atoms with Crippen LogP contribution in [0.15, 0.2) is 41.3 Å². The average Bonchev–Trinajstić information content (AvgIpc) is 2.43. The normalized spacial score (nSPS) is 10.8. The van der Waals surface area contributed by atoms with Gasteiger partial charge in [-0.15, -0.1) is 0 Å². The van der Waals surface area contributed by atoms with Crippen LogP contribution in [0.2, 0.25) is 0 Å². The quantitative estimate of drug-likeness (QED) is 0.896. The van der Waals surface area contributed by atoms with Crippen molar-refractivity contribution < 1.29 is 13.5 Å². The first-order valence-electron chi connectivity index (χ1n) is 5.62. The molecule has 102 valence electrons. The van der Waals surface area contributed by atoms with E-state index in [0.29, 0.717) is 5.69 Å². The molecule has 7 heteroatoms. The lowest BCUT2D eigenvalue weighted by Gasteiger charge is -2.09. The highest BCUT2D eigenvalue weighted by Crippen LogP contribution is 2.23. The molecule has 0 saturated heterocycles. The third-order valence-corrected chi connectivity index (χ3v) is 3.85. The lowest BCUT2D eigenvalue weighted by Crippen LogP contribution is -2.14. The molecule has 0 aliphatic rings. The number of pyridine rings is 1. The zero-order valence-corrected chi connectivity index (χ0v) is 11.3. The van der Waals surface area contributed by atoms with Gasteiger partial charge in [0.1, 0.15) is 0 Å². The Morgan fingerprint density at radius 3 is 2.75 bits per heavy atom. The maximum atomic E-state index is 12.2. The van der Waals surface area contributed by atoms with Gasteiger partial charge in [0.2, 0.25) is 0 Å². The fourth-order valence-electron chi connectivity index (χ4n) is 1.54. The van der Waals surface area contributed by atoms with Gasteiger partial charge in [-0.3, -0.25) is 4.72 Å². The smallest absolute Gasteiger partial charge is 0.263 e. The SMILES string of the molecule is Cc1ccc(O)c(NS(=O)(=O)c2cccc(C#N)c2)n1. The zero-order valence-electron chi connectivity index (χ0n) is 10.5. The summed E-state index contributed by atoms with van der Waals surface area (Å²) in [6.45, 7) is 1.67. The molecule has 0 spiro atoms. The molecular weight excluding hydrogens is 278 g/mol. The largest absolute Gasteiger partial charge is 0.504 e. The summed E-state index contributed by atoms with van der Waals surface area (Å²) in [4.78, 5) is 3.85. The van der Waals surface area contributed by atoms with Gasteiger partial charge in [-0.25, -0.2) is 13.4 Å². The number of rotatable bonds is 3. The predicted octanol–water partition coefficient (Wildman–Crippen LogP) is 1.77. The first-order valence-corrected chi connectivity index (χ1v) is 7.10. The number of aryl methyl sites for hydroxylation is 1. The van der Waals surface area contributed by atoms with Crippen molar-refractivity contribution in [3.63, 3.8) is 0 Å². The molecule has 0 radical (unpaired) electrons. The Balaban J connectivity index is 2.41. The van der Waals surface area contributed by atoms with Crippen molar-refractivity contribution in [2.75, 3.05) is 4.72 Å². The molecule has 0 fully saturated rings. The number of aromatic nitrogens is 1. The summed E-state index contributed by atoms with van der Waals surface area (Å²) in [5.74, 6) is -0.414. The van der Waals surface area contributed by atoms with E-state index in [1.807, 2.05) is 6.07 Å². The number of aromatic hydroxyl groups is 1. The first-order chi connectivity index (χ1) is 9.42. The van der Waals surface area contributed by atoms with E-state index in [0.717, 1.165) is 0 Å². The Kier molecular flexibility index (Phi) is 3.59. The Morgan fingerprint density at radius 1 is 1.30 bits per heavy atom. The van der Waals surface area contributed by atoms with Gasteiger partial charge < -0.3 is 5.11 Å². The maximum Gasteiger partial charge on any atom is 0.263 e. The molecule has 0 amide bonds. The van der Waals surface area contributed by atoms with Gasteiger partial charge in [0.15, 0.2) is 11.6 Å². The highest BCUT2D eigenvalue weighted by Gasteiger charge is 2.17. The number of nitrogens with zero attached hydrogens (tertiary/aromatic N) is 2. The molecule has 0 aliphatic heterocycles. The summed E-state index contributed by atoms with van der Waals surface area (Å²) in [5, 5.41) is 18.4. The minimum absolute atomic E-state index is 0.0701. The van der Waals surface area contributed by atoms with Gasteiger partial charge in [0, 0.05) is 5.69 Å². The molecule has 1 aromatic heterocycles. The Hall–Kier alpha value is -2.59. The van der Waals surface area contributed by atoms with E-state index in [9.17, 15) is 13.5 Å². The van der Waals surface area contributed by atoms with Crippen LogP contribution in [0.3, 0.4) is 0 Å².